The van der Waals surface area contributed by atoms with Crippen LogP contribution in [-0.4, -0.2) is 36.4 Å². The van der Waals surface area contributed by atoms with E-state index >= 15 is 0 Å². The molecule has 1 aliphatic rings. The molecule has 0 bridgehead atoms. The van der Waals surface area contributed by atoms with Crippen molar-refractivity contribution >= 4 is 0 Å². The predicted octanol–water partition coefficient (Wildman–Crippen LogP) is 3.25. The average Bonchev–Trinajstić information content (AvgIpc) is 3.31. The van der Waals surface area contributed by atoms with Crippen molar-refractivity contribution in [3.63, 3.8) is 0 Å². The summed E-state index contributed by atoms with van der Waals surface area (Å²) in [6, 6.07) is 6.73. The fraction of sp³-hybridized carbons (Fsp3) is 0.421. The van der Waals surface area contributed by atoms with Gasteiger partial charge in [0.2, 0.25) is 0 Å². The normalized spacial score (nSPS) is 18.1. The molecule has 3 aromatic rings. The summed E-state index contributed by atoms with van der Waals surface area (Å²) in [6.07, 6.45) is 6.13. The van der Waals surface area contributed by atoms with Gasteiger partial charge in [-0.3, -0.25) is 10.00 Å². The second-order valence-electron chi connectivity index (χ2n) is 6.94. The molecule has 130 valence electrons. The van der Waals surface area contributed by atoms with Crippen LogP contribution in [0.25, 0.3) is 5.69 Å². The number of nitrogens with zero attached hydrogens (tertiary/aromatic N) is 5. The molecule has 0 spiro atoms. The van der Waals surface area contributed by atoms with Gasteiger partial charge < -0.3 is 0 Å². The van der Waals surface area contributed by atoms with Gasteiger partial charge in [-0.05, 0) is 69.0 Å². The Hall–Kier alpha value is -2.47. The second-order valence-corrected chi connectivity index (χ2v) is 6.94. The molecule has 0 unspecified atom stereocenters. The number of aromatic amines is 1. The van der Waals surface area contributed by atoms with Crippen molar-refractivity contribution in [3.8, 4) is 5.69 Å². The van der Waals surface area contributed by atoms with Crippen molar-refractivity contribution in [1.82, 2.24) is 29.9 Å². The minimum Gasteiger partial charge on any atom is -0.289 e. The number of likely N-dealkylation sites (tertiary alicyclic amines) is 1. The Morgan fingerprint density at radius 3 is 2.84 bits per heavy atom. The summed E-state index contributed by atoms with van der Waals surface area (Å²) in [5.74, 6) is 1.80. The van der Waals surface area contributed by atoms with Crippen LogP contribution < -0.4 is 0 Å². The van der Waals surface area contributed by atoms with Gasteiger partial charge in [-0.2, -0.15) is 10.2 Å². The van der Waals surface area contributed by atoms with Crippen molar-refractivity contribution < 1.29 is 0 Å². The van der Waals surface area contributed by atoms with Crippen LogP contribution in [-0.2, 0) is 6.54 Å². The molecule has 1 aliphatic heterocycles. The Morgan fingerprint density at radius 2 is 2.12 bits per heavy atom. The molecule has 1 aromatic carbocycles. The highest BCUT2D eigenvalue weighted by Gasteiger charge is 2.30. The predicted molar refractivity (Wildman–Crippen MR) is 96.5 cm³/mol. The molecule has 6 heteroatoms. The molecule has 0 amide bonds. The molecule has 25 heavy (non-hydrogen) atoms. The van der Waals surface area contributed by atoms with Crippen molar-refractivity contribution in [3.05, 3.63) is 58.9 Å². The van der Waals surface area contributed by atoms with E-state index in [1.54, 1.807) is 0 Å². The smallest absolute Gasteiger partial charge is 0.167 e. The Balaban J connectivity index is 1.68. The maximum absolute atomic E-state index is 4.57. The lowest BCUT2D eigenvalue weighted by Gasteiger charge is -2.25. The Labute approximate surface area is 147 Å². The number of benzene rings is 1. The minimum absolute atomic E-state index is 0.288. The van der Waals surface area contributed by atoms with E-state index in [9.17, 15) is 0 Å². The second kappa shape index (κ2) is 6.44. The van der Waals surface area contributed by atoms with Gasteiger partial charge in [0.05, 0.1) is 11.7 Å². The maximum atomic E-state index is 4.57. The van der Waals surface area contributed by atoms with E-state index in [1.165, 1.54) is 28.8 Å². The lowest BCUT2D eigenvalue weighted by Crippen LogP contribution is -2.25. The first-order valence-electron chi connectivity index (χ1n) is 8.85. The van der Waals surface area contributed by atoms with Crippen LogP contribution in [0.15, 0.2) is 30.6 Å². The minimum atomic E-state index is 0.288. The van der Waals surface area contributed by atoms with Gasteiger partial charge >= 0.3 is 0 Å². The highest BCUT2D eigenvalue weighted by Crippen LogP contribution is 2.33. The summed E-state index contributed by atoms with van der Waals surface area (Å²) in [5.41, 5.74) is 5.06. The molecular formula is C19H24N6. The maximum Gasteiger partial charge on any atom is 0.167 e. The van der Waals surface area contributed by atoms with Crippen molar-refractivity contribution in [1.29, 1.82) is 0 Å². The fourth-order valence-electron chi connectivity index (χ4n) is 3.82. The summed E-state index contributed by atoms with van der Waals surface area (Å²) >= 11 is 0. The number of rotatable bonds is 4. The van der Waals surface area contributed by atoms with Crippen molar-refractivity contribution in [2.24, 2.45) is 0 Å². The van der Waals surface area contributed by atoms with Crippen LogP contribution in [0.3, 0.4) is 0 Å². The van der Waals surface area contributed by atoms with E-state index < -0.39 is 0 Å². The van der Waals surface area contributed by atoms with E-state index in [1.807, 2.05) is 30.1 Å². The van der Waals surface area contributed by atoms with Gasteiger partial charge in [0.1, 0.15) is 5.82 Å². The average molecular weight is 336 g/mol. The largest absolute Gasteiger partial charge is 0.289 e. The monoisotopic (exact) mass is 336 g/mol. The van der Waals surface area contributed by atoms with E-state index in [0.29, 0.717) is 0 Å². The van der Waals surface area contributed by atoms with Crippen LogP contribution in [0.5, 0.6) is 0 Å². The summed E-state index contributed by atoms with van der Waals surface area (Å²) < 4.78 is 1.97. The SMILES string of the molecule is Cc1cc(C)c(CN2CCC[C@H]2c2n[nH]c(C)n2)c(-n2cccn2)c1. The van der Waals surface area contributed by atoms with Crippen molar-refractivity contribution in [2.45, 2.75) is 46.2 Å². The summed E-state index contributed by atoms with van der Waals surface area (Å²) in [6.45, 7) is 8.25. The number of aryl methyl sites for hydroxylation is 3. The van der Waals surface area contributed by atoms with Gasteiger partial charge in [0.15, 0.2) is 5.82 Å². The molecule has 3 heterocycles. The van der Waals surface area contributed by atoms with Crippen LogP contribution in [0.4, 0.5) is 0 Å². The molecule has 0 saturated carbocycles. The van der Waals surface area contributed by atoms with E-state index in [0.717, 1.165) is 31.2 Å². The van der Waals surface area contributed by atoms with E-state index in [4.69, 9.17) is 0 Å². The Bertz CT molecular complexity index is 864. The van der Waals surface area contributed by atoms with Crippen LogP contribution in [0.2, 0.25) is 0 Å². The molecule has 1 saturated heterocycles. The third-order valence-electron chi connectivity index (χ3n) is 4.98. The van der Waals surface area contributed by atoms with E-state index in [-0.39, 0.29) is 6.04 Å². The van der Waals surface area contributed by atoms with Gasteiger partial charge in [0, 0.05) is 18.9 Å². The molecule has 1 fully saturated rings. The lowest BCUT2D eigenvalue weighted by molar-refractivity contribution is 0.239. The zero-order valence-corrected chi connectivity index (χ0v) is 15.0. The van der Waals surface area contributed by atoms with Crippen LogP contribution in [0.1, 0.15) is 47.2 Å². The lowest BCUT2D eigenvalue weighted by atomic mass is 10.0. The molecule has 4 rings (SSSR count). The molecule has 0 aliphatic carbocycles. The number of nitrogens with one attached hydrogen (secondary N) is 1. The summed E-state index contributed by atoms with van der Waals surface area (Å²) in [7, 11) is 0. The number of aromatic nitrogens is 5. The van der Waals surface area contributed by atoms with Crippen LogP contribution in [0, 0.1) is 20.8 Å². The molecule has 6 nitrogen and oxygen atoms in total. The highest BCUT2D eigenvalue weighted by atomic mass is 15.3. The van der Waals surface area contributed by atoms with Crippen LogP contribution >= 0.6 is 0 Å². The van der Waals surface area contributed by atoms with E-state index in [2.05, 4.69) is 51.2 Å². The van der Waals surface area contributed by atoms with Gasteiger partial charge in [-0.15, -0.1) is 0 Å². The fourth-order valence-corrected chi connectivity index (χ4v) is 3.82. The first-order chi connectivity index (χ1) is 12.1. The molecular weight excluding hydrogens is 312 g/mol. The third-order valence-corrected chi connectivity index (χ3v) is 4.98. The van der Waals surface area contributed by atoms with Gasteiger partial charge in [-0.25, -0.2) is 9.67 Å². The first kappa shape index (κ1) is 16.0. The molecule has 2 aromatic heterocycles. The number of hydrogen-bond acceptors (Lipinski definition) is 4. The summed E-state index contributed by atoms with van der Waals surface area (Å²) in [4.78, 5) is 7.06. The van der Waals surface area contributed by atoms with Gasteiger partial charge in [-0.1, -0.05) is 6.07 Å². The van der Waals surface area contributed by atoms with Gasteiger partial charge in [0.25, 0.3) is 0 Å². The topological polar surface area (TPSA) is 62.6 Å². The first-order valence-corrected chi connectivity index (χ1v) is 8.85. The Kier molecular flexibility index (Phi) is 4.13. The highest BCUT2D eigenvalue weighted by molar-refractivity contribution is 5.48. The van der Waals surface area contributed by atoms with Crippen molar-refractivity contribution in [2.75, 3.05) is 6.54 Å². The molecule has 1 atom stereocenters. The third kappa shape index (κ3) is 3.09. The number of hydrogen-bond donors (Lipinski definition) is 1. The molecule has 0 radical (unpaired) electrons. The zero-order valence-electron chi connectivity index (χ0n) is 15.0. The Morgan fingerprint density at radius 1 is 1.24 bits per heavy atom. The zero-order chi connectivity index (χ0) is 17.4. The number of H-pyrrole nitrogens is 1. The summed E-state index contributed by atoms with van der Waals surface area (Å²) in [5, 5.41) is 11.8. The quantitative estimate of drug-likeness (QED) is 0.794. The standard InChI is InChI=1S/C19H24N6/c1-13-10-14(2)16(18(11-13)25-9-5-7-20-25)12-24-8-4-6-17(24)19-21-15(3)22-23-19/h5,7,9-11,17H,4,6,8,12H2,1-3H3,(H,21,22,23)/t17-/m0/s1. The molecule has 1 N–H and O–H groups in total.